The van der Waals surface area contributed by atoms with Gasteiger partial charge in [0.15, 0.2) is 0 Å². The normalized spacial score (nSPS) is 10.3. The molecule has 2 aromatic carbocycles. The van der Waals surface area contributed by atoms with E-state index in [2.05, 4.69) is 5.32 Å². The van der Waals surface area contributed by atoms with Crippen LogP contribution in [0.25, 0.3) is 0 Å². The van der Waals surface area contributed by atoms with E-state index < -0.39 is 5.97 Å². The minimum absolute atomic E-state index is 0.0196. The maximum Gasteiger partial charge on any atom is 0.335 e. The van der Waals surface area contributed by atoms with Crippen molar-refractivity contribution in [2.24, 2.45) is 0 Å². The van der Waals surface area contributed by atoms with Crippen LogP contribution in [0.2, 0.25) is 0 Å². The van der Waals surface area contributed by atoms with E-state index in [0.717, 1.165) is 17.7 Å². The summed E-state index contributed by atoms with van der Waals surface area (Å²) >= 11 is 0. The van der Waals surface area contributed by atoms with Crippen LogP contribution >= 0.6 is 0 Å². The molecule has 142 valence electrons. The third kappa shape index (κ3) is 5.95. The van der Waals surface area contributed by atoms with Crippen molar-refractivity contribution in [3.05, 3.63) is 65.2 Å². The lowest BCUT2D eigenvalue weighted by atomic mass is 10.1. The quantitative estimate of drug-likeness (QED) is 0.749. The summed E-state index contributed by atoms with van der Waals surface area (Å²) in [7, 11) is 0. The Balaban J connectivity index is 2.00. The number of aryl methyl sites for hydroxylation is 1. The summed E-state index contributed by atoms with van der Waals surface area (Å²) in [6.07, 6.45) is 0.860. The summed E-state index contributed by atoms with van der Waals surface area (Å²) in [4.78, 5) is 37.4. The topological polar surface area (TPSA) is 86.7 Å². The van der Waals surface area contributed by atoms with Crippen molar-refractivity contribution in [3.8, 4) is 0 Å². The third-order valence-corrected chi connectivity index (χ3v) is 4.16. The summed E-state index contributed by atoms with van der Waals surface area (Å²) in [5.41, 5.74) is 2.58. The molecule has 0 aliphatic rings. The van der Waals surface area contributed by atoms with Crippen molar-refractivity contribution < 1.29 is 19.5 Å². The molecule has 2 N–H and O–H groups in total. The molecule has 0 heterocycles. The first-order valence-electron chi connectivity index (χ1n) is 8.86. The molecule has 6 heteroatoms. The molecule has 0 saturated carbocycles. The minimum atomic E-state index is -1.01. The highest BCUT2D eigenvalue weighted by Crippen LogP contribution is 2.13. The minimum Gasteiger partial charge on any atom is -0.478 e. The second-order valence-electron chi connectivity index (χ2n) is 6.36. The summed E-state index contributed by atoms with van der Waals surface area (Å²) in [5.74, 6) is -1.42. The largest absolute Gasteiger partial charge is 0.478 e. The van der Waals surface area contributed by atoms with Crippen LogP contribution < -0.4 is 5.32 Å². The number of rotatable bonds is 8. The summed E-state index contributed by atoms with van der Waals surface area (Å²) in [6.45, 7) is 4.31. The molecule has 0 fully saturated rings. The van der Waals surface area contributed by atoms with E-state index in [1.165, 1.54) is 17.0 Å². The smallest absolute Gasteiger partial charge is 0.335 e. The van der Waals surface area contributed by atoms with E-state index in [4.69, 9.17) is 5.11 Å². The van der Waals surface area contributed by atoms with Gasteiger partial charge in [-0.2, -0.15) is 0 Å². The molecule has 0 radical (unpaired) electrons. The number of carbonyl (C=O) groups excluding carboxylic acids is 2. The number of hydrogen-bond donors (Lipinski definition) is 2. The first-order chi connectivity index (χ1) is 12.9. The predicted molar refractivity (Wildman–Crippen MR) is 104 cm³/mol. The zero-order valence-electron chi connectivity index (χ0n) is 15.6. The monoisotopic (exact) mass is 368 g/mol. The molecule has 0 spiro atoms. The number of amides is 2. The molecule has 0 bridgehead atoms. The van der Waals surface area contributed by atoms with Crippen LogP contribution in [0.1, 0.15) is 34.8 Å². The Morgan fingerprint density at radius 2 is 1.70 bits per heavy atom. The molecule has 0 aliphatic heterocycles. The Morgan fingerprint density at radius 1 is 1.04 bits per heavy atom. The van der Waals surface area contributed by atoms with Crippen LogP contribution in [0.15, 0.2) is 48.5 Å². The Hall–Kier alpha value is -3.15. The Morgan fingerprint density at radius 3 is 2.30 bits per heavy atom. The highest BCUT2D eigenvalue weighted by molar-refractivity contribution is 5.95. The molecule has 2 aromatic rings. The fourth-order valence-electron chi connectivity index (χ4n) is 2.69. The Labute approximate surface area is 158 Å². The maximum atomic E-state index is 12.6. The highest BCUT2D eigenvalue weighted by Gasteiger charge is 2.17. The molecule has 0 unspecified atom stereocenters. The number of hydrogen-bond acceptors (Lipinski definition) is 3. The first-order valence-corrected chi connectivity index (χ1v) is 8.86. The van der Waals surface area contributed by atoms with Gasteiger partial charge in [0.25, 0.3) is 0 Å². The van der Waals surface area contributed by atoms with E-state index >= 15 is 0 Å². The standard InChI is InChI=1S/C21H24N2O4/c1-3-12-23(14-19(24)22-18-7-5-4-6-15(18)2)20(25)13-16-8-10-17(11-9-16)21(26)27/h4-11H,3,12-14H2,1-2H3,(H,22,24)(H,26,27). The number of carboxylic acids is 1. The lowest BCUT2D eigenvalue weighted by molar-refractivity contribution is -0.134. The van der Waals surface area contributed by atoms with Crippen molar-refractivity contribution in [3.63, 3.8) is 0 Å². The molecule has 2 amide bonds. The predicted octanol–water partition coefficient (Wildman–Crippen LogP) is 3.11. The van der Waals surface area contributed by atoms with Crippen LogP contribution in [-0.4, -0.2) is 40.9 Å². The Kier molecular flexibility index (Phi) is 7.11. The van der Waals surface area contributed by atoms with Gasteiger partial charge in [0, 0.05) is 12.2 Å². The van der Waals surface area contributed by atoms with Gasteiger partial charge in [-0.3, -0.25) is 9.59 Å². The Bertz CT molecular complexity index is 815. The van der Waals surface area contributed by atoms with Crippen LogP contribution in [0, 0.1) is 6.92 Å². The first kappa shape index (κ1) is 20.2. The van der Waals surface area contributed by atoms with Crippen molar-refractivity contribution in [1.82, 2.24) is 4.90 Å². The summed E-state index contributed by atoms with van der Waals surface area (Å²) < 4.78 is 0. The molecule has 2 rings (SSSR count). The fourth-order valence-corrected chi connectivity index (χ4v) is 2.69. The number of aromatic carboxylic acids is 1. The lowest BCUT2D eigenvalue weighted by Crippen LogP contribution is -2.39. The van der Waals surface area contributed by atoms with Gasteiger partial charge >= 0.3 is 5.97 Å². The van der Waals surface area contributed by atoms with Crippen molar-refractivity contribution >= 4 is 23.5 Å². The lowest BCUT2D eigenvalue weighted by Gasteiger charge is -2.22. The van der Waals surface area contributed by atoms with Crippen LogP contribution in [0.5, 0.6) is 0 Å². The van der Waals surface area contributed by atoms with Gasteiger partial charge in [0.2, 0.25) is 11.8 Å². The number of carbonyl (C=O) groups is 3. The van der Waals surface area contributed by atoms with Crippen LogP contribution in [0.3, 0.4) is 0 Å². The molecule has 27 heavy (non-hydrogen) atoms. The zero-order valence-corrected chi connectivity index (χ0v) is 15.6. The number of anilines is 1. The molecular weight excluding hydrogens is 344 g/mol. The number of para-hydroxylation sites is 1. The summed E-state index contributed by atoms with van der Waals surface area (Å²) in [5, 5.41) is 11.8. The second kappa shape index (κ2) is 9.52. The van der Waals surface area contributed by atoms with Gasteiger partial charge < -0.3 is 15.3 Å². The van der Waals surface area contributed by atoms with Gasteiger partial charge in [-0.05, 0) is 42.7 Å². The van der Waals surface area contributed by atoms with E-state index in [-0.39, 0.29) is 30.3 Å². The molecular formula is C21H24N2O4. The van der Waals surface area contributed by atoms with E-state index in [1.54, 1.807) is 12.1 Å². The number of nitrogens with one attached hydrogen (secondary N) is 1. The van der Waals surface area contributed by atoms with Gasteiger partial charge in [0.1, 0.15) is 0 Å². The van der Waals surface area contributed by atoms with E-state index in [0.29, 0.717) is 12.1 Å². The van der Waals surface area contributed by atoms with Gasteiger partial charge in [0.05, 0.1) is 18.5 Å². The molecule has 0 aromatic heterocycles. The van der Waals surface area contributed by atoms with Crippen LogP contribution in [-0.2, 0) is 16.0 Å². The average Bonchev–Trinajstić information content (AvgIpc) is 2.63. The summed E-state index contributed by atoms with van der Waals surface area (Å²) in [6, 6.07) is 13.7. The maximum absolute atomic E-state index is 12.6. The molecule has 0 atom stereocenters. The van der Waals surface area contributed by atoms with Crippen molar-refractivity contribution in [2.45, 2.75) is 26.7 Å². The third-order valence-electron chi connectivity index (χ3n) is 4.16. The second-order valence-corrected chi connectivity index (χ2v) is 6.36. The van der Waals surface area contributed by atoms with Gasteiger partial charge in [-0.1, -0.05) is 37.3 Å². The number of nitrogens with zero attached hydrogens (tertiary/aromatic N) is 1. The number of benzene rings is 2. The molecule has 6 nitrogen and oxygen atoms in total. The van der Waals surface area contributed by atoms with Crippen molar-refractivity contribution in [2.75, 3.05) is 18.4 Å². The SMILES string of the molecule is CCCN(CC(=O)Nc1ccccc1C)C(=O)Cc1ccc(C(=O)O)cc1. The number of carboxylic acid groups (broad SMARTS) is 1. The van der Waals surface area contributed by atoms with Crippen molar-refractivity contribution in [1.29, 1.82) is 0 Å². The van der Waals surface area contributed by atoms with E-state index in [1.807, 2.05) is 38.1 Å². The van der Waals surface area contributed by atoms with E-state index in [9.17, 15) is 14.4 Å². The van der Waals surface area contributed by atoms with Gasteiger partial charge in [-0.15, -0.1) is 0 Å². The van der Waals surface area contributed by atoms with Gasteiger partial charge in [-0.25, -0.2) is 4.79 Å². The zero-order chi connectivity index (χ0) is 19.8. The average molecular weight is 368 g/mol. The molecule has 0 saturated heterocycles. The molecule has 0 aliphatic carbocycles. The highest BCUT2D eigenvalue weighted by atomic mass is 16.4. The fraction of sp³-hybridized carbons (Fsp3) is 0.286. The van der Waals surface area contributed by atoms with Crippen LogP contribution in [0.4, 0.5) is 5.69 Å².